The Morgan fingerprint density at radius 1 is 1.31 bits per heavy atom. The third kappa shape index (κ3) is 4.55. The molecular weight excluding hydrogens is 411 g/mol. The molecule has 4 nitrogen and oxygen atoms in total. The van der Waals surface area contributed by atoms with Crippen LogP contribution in [0.1, 0.15) is 29.1 Å². The highest BCUT2D eigenvalue weighted by atomic mass is 35.5. The maximum atomic E-state index is 12.8. The zero-order chi connectivity index (χ0) is 18.9. The molecule has 1 fully saturated rings. The fourth-order valence-corrected chi connectivity index (χ4v) is 5.08. The lowest BCUT2D eigenvalue weighted by Crippen LogP contribution is -2.28. The number of nitrogens with zero attached hydrogens (tertiary/aromatic N) is 2. The predicted octanol–water partition coefficient (Wildman–Crippen LogP) is 5.59. The zero-order valence-corrected chi connectivity index (χ0v) is 17.7. The van der Waals surface area contributed by atoms with Crippen LogP contribution in [-0.2, 0) is 6.54 Å². The molecule has 2 heterocycles. The summed E-state index contributed by atoms with van der Waals surface area (Å²) in [6.45, 7) is 5.75. The minimum absolute atomic E-state index is 0.0292. The summed E-state index contributed by atoms with van der Waals surface area (Å²) in [4.78, 5) is 20.4. The Kier molecular flexibility index (Phi) is 5.87. The second-order valence-electron chi connectivity index (χ2n) is 6.47. The van der Waals surface area contributed by atoms with Gasteiger partial charge in [-0.05, 0) is 44.2 Å². The molecule has 0 N–H and O–H groups in total. The van der Waals surface area contributed by atoms with E-state index >= 15 is 0 Å². The highest BCUT2D eigenvalue weighted by Crippen LogP contribution is 2.37. The number of hydrogen-bond donors (Lipinski definition) is 0. The third-order valence-corrected chi connectivity index (χ3v) is 6.44. The summed E-state index contributed by atoms with van der Waals surface area (Å²) in [7, 11) is 1.52. The van der Waals surface area contributed by atoms with Crippen LogP contribution in [0.25, 0.3) is 0 Å². The Hall–Kier alpha value is -1.21. The van der Waals surface area contributed by atoms with Crippen LogP contribution >= 0.6 is 46.3 Å². The minimum atomic E-state index is -0.362. The summed E-state index contributed by atoms with van der Waals surface area (Å²) >= 11 is 15.2. The normalized spacial score (nSPS) is 17.7. The summed E-state index contributed by atoms with van der Waals surface area (Å²) in [6.07, 6.45) is 0. The number of amides is 1. The molecule has 0 radical (unpaired) electrons. The van der Waals surface area contributed by atoms with Gasteiger partial charge in [-0.1, -0.05) is 35.0 Å². The molecule has 138 valence electrons. The molecule has 0 bridgehead atoms. The molecule has 0 atom stereocenters. The molecule has 0 unspecified atom stereocenters. The van der Waals surface area contributed by atoms with E-state index in [-0.39, 0.29) is 10.7 Å². The number of thioether (sulfide) groups is 1. The first-order chi connectivity index (χ1) is 12.3. The SMILES string of the molecule is COc1ccc(Cl)cc1C(=O)N=C1SC(C)(C)CN1Cc1ccc(Cl)s1. The van der Waals surface area contributed by atoms with Crippen molar-refractivity contribution in [3.63, 3.8) is 0 Å². The Bertz CT molecular complexity index is 865. The van der Waals surface area contributed by atoms with Crippen LogP contribution in [-0.4, -0.2) is 34.4 Å². The summed E-state index contributed by atoms with van der Waals surface area (Å²) in [5, 5.41) is 1.17. The van der Waals surface area contributed by atoms with Gasteiger partial charge in [-0.3, -0.25) is 4.79 Å². The van der Waals surface area contributed by atoms with Gasteiger partial charge in [0.05, 0.1) is 23.6 Å². The van der Waals surface area contributed by atoms with E-state index < -0.39 is 0 Å². The quantitative estimate of drug-likeness (QED) is 0.636. The maximum Gasteiger partial charge on any atom is 0.283 e. The highest BCUT2D eigenvalue weighted by molar-refractivity contribution is 8.15. The Labute approximate surface area is 171 Å². The van der Waals surface area contributed by atoms with Gasteiger partial charge in [-0.25, -0.2) is 0 Å². The van der Waals surface area contributed by atoms with E-state index in [0.29, 0.717) is 28.0 Å². The molecule has 8 heteroatoms. The lowest BCUT2D eigenvalue weighted by molar-refractivity contribution is 0.0998. The highest BCUT2D eigenvalue weighted by Gasteiger charge is 2.36. The van der Waals surface area contributed by atoms with E-state index in [1.165, 1.54) is 18.4 Å². The molecule has 1 saturated heterocycles. The zero-order valence-electron chi connectivity index (χ0n) is 14.6. The lowest BCUT2D eigenvalue weighted by atomic mass is 10.2. The molecular formula is C18H18Cl2N2O2S2. The molecule has 2 aromatic rings. The standard InChI is InChI=1S/C18H18Cl2N2O2S2/c1-18(2)10-22(9-12-5-7-15(20)25-12)17(26-18)21-16(23)13-8-11(19)4-6-14(13)24-3/h4-8H,9-10H2,1-3H3. The fourth-order valence-electron chi connectivity index (χ4n) is 2.71. The van der Waals surface area contributed by atoms with E-state index in [9.17, 15) is 4.79 Å². The molecule has 0 spiro atoms. The number of halogens is 2. The van der Waals surface area contributed by atoms with Gasteiger partial charge < -0.3 is 9.64 Å². The van der Waals surface area contributed by atoms with Gasteiger partial charge in [0.15, 0.2) is 5.17 Å². The molecule has 1 amide bonds. The predicted molar refractivity (Wildman–Crippen MR) is 111 cm³/mol. The van der Waals surface area contributed by atoms with Crippen LogP contribution in [0.2, 0.25) is 9.36 Å². The van der Waals surface area contributed by atoms with Gasteiger partial charge in [0, 0.05) is 21.2 Å². The molecule has 0 saturated carbocycles. The van der Waals surface area contributed by atoms with Crippen molar-refractivity contribution < 1.29 is 9.53 Å². The third-order valence-electron chi connectivity index (χ3n) is 3.77. The van der Waals surface area contributed by atoms with Crippen LogP contribution < -0.4 is 4.74 Å². The van der Waals surface area contributed by atoms with Crippen molar-refractivity contribution in [3.8, 4) is 5.75 Å². The average Bonchev–Trinajstić information content (AvgIpc) is 3.09. The van der Waals surface area contributed by atoms with E-state index in [1.54, 1.807) is 30.0 Å². The molecule has 0 aliphatic carbocycles. The lowest BCUT2D eigenvalue weighted by Gasteiger charge is -2.18. The molecule has 1 aliphatic rings. The molecule has 26 heavy (non-hydrogen) atoms. The Balaban J connectivity index is 1.89. The smallest absolute Gasteiger partial charge is 0.283 e. The number of ether oxygens (including phenoxy) is 1. The van der Waals surface area contributed by atoms with Crippen molar-refractivity contribution in [3.05, 3.63) is 50.1 Å². The first-order valence-electron chi connectivity index (χ1n) is 7.92. The van der Waals surface area contributed by atoms with Crippen molar-refractivity contribution in [1.82, 2.24) is 4.90 Å². The van der Waals surface area contributed by atoms with Crippen LogP contribution in [0.3, 0.4) is 0 Å². The molecule has 3 rings (SSSR count). The number of carbonyl (C=O) groups excluding carboxylic acids is 1. The minimum Gasteiger partial charge on any atom is -0.496 e. The monoisotopic (exact) mass is 428 g/mol. The molecule has 1 aromatic heterocycles. The first-order valence-corrected chi connectivity index (χ1v) is 10.3. The maximum absolute atomic E-state index is 12.8. The Morgan fingerprint density at radius 2 is 2.08 bits per heavy atom. The van der Waals surface area contributed by atoms with Crippen LogP contribution in [0, 0.1) is 0 Å². The second kappa shape index (κ2) is 7.80. The van der Waals surface area contributed by atoms with Crippen molar-refractivity contribution in [1.29, 1.82) is 0 Å². The van der Waals surface area contributed by atoms with Gasteiger partial charge >= 0.3 is 0 Å². The van der Waals surface area contributed by atoms with Gasteiger partial charge in [0.2, 0.25) is 0 Å². The largest absolute Gasteiger partial charge is 0.496 e. The van der Waals surface area contributed by atoms with Crippen LogP contribution in [0.15, 0.2) is 35.3 Å². The van der Waals surface area contributed by atoms with Gasteiger partial charge in [0.25, 0.3) is 5.91 Å². The number of methoxy groups -OCH3 is 1. The summed E-state index contributed by atoms with van der Waals surface area (Å²) < 4.78 is 5.99. The number of benzene rings is 1. The Morgan fingerprint density at radius 3 is 2.73 bits per heavy atom. The van der Waals surface area contributed by atoms with Gasteiger partial charge in [0.1, 0.15) is 5.75 Å². The number of carbonyl (C=O) groups is 1. The summed E-state index contributed by atoms with van der Waals surface area (Å²) in [5.74, 6) is 0.0985. The number of hydrogen-bond acceptors (Lipinski definition) is 4. The van der Waals surface area contributed by atoms with Gasteiger partial charge in [-0.15, -0.1) is 11.3 Å². The summed E-state index contributed by atoms with van der Waals surface area (Å²) in [6, 6.07) is 8.83. The van der Waals surface area contributed by atoms with E-state index in [1.807, 2.05) is 12.1 Å². The van der Waals surface area contributed by atoms with Crippen molar-refractivity contribution in [2.24, 2.45) is 4.99 Å². The van der Waals surface area contributed by atoms with Crippen molar-refractivity contribution >= 4 is 57.4 Å². The van der Waals surface area contributed by atoms with E-state index in [0.717, 1.165) is 15.8 Å². The second-order valence-corrected chi connectivity index (χ2v) is 10.4. The number of amidine groups is 1. The van der Waals surface area contributed by atoms with Gasteiger partial charge in [-0.2, -0.15) is 4.99 Å². The van der Waals surface area contributed by atoms with E-state index in [2.05, 4.69) is 23.7 Å². The topological polar surface area (TPSA) is 41.9 Å². The number of aliphatic imine (C=N–C) groups is 1. The van der Waals surface area contributed by atoms with Crippen molar-refractivity contribution in [2.75, 3.05) is 13.7 Å². The van der Waals surface area contributed by atoms with Crippen LogP contribution in [0.4, 0.5) is 0 Å². The molecule has 1 aliphatic heterocycles. The average molecular weight is 429 g/mol. The summed E-state index contributed by atoms with van der Waals surface area (Å²) in [5.41, 5.74) is 0.358. The van der Waals surface area contributed by atoms with E-state index in [4.69, 9.17) is 27.9 Å². The number of rotatable bonds is 4. The first kappa shape index (κ1) is 19.5. The number of thiophene rings is 1. The fraction of sp³-hybridized carbons (Fsp3) is 0.333. The van der Waals surface area contributed by atoms with Crippen LogP contribution in [0.5, 0.6) is 5.75 Å². The van der Waals surface area contributed by atoms with Crippen molar-refractivity contribution in [2.45, 2.75) is 25.1 Å². The molecule has 1 aromatic carbocycles.